The molecule has 10 fully saturated rings. The molecule has 3 N–H and O–H groups in total. The molecule has 0 aromatic rings. The summed E-state index contributed by atoms with van der Waals surface area (Å²) >= 11 is 0. The van der Waals surface area contributed by atoms with Crippen LogP contribution in [0.15, 0.2) is 0 Å². The maximum absolute atomic E-state index is 13.3. The number of carbonyl (C=O) groups excluding carboxylic acids is 2. The molecule has 2 unspecified atom stereocenters. The van der Waals surface area contributed by atoms with Gasteiger partial charge in [0.05, 0.1) is 20.5 Å². The molecule has 10 nitrogen and oxygen atoms in total. The van der Waals surface area contributed by atoms with Crippen molar-refractivity contribution in [1.82, 2.24) is 14.5 Å². The lowest BCUT2D eigenvalue weighted by molar-refractivity contribution is 0.0193. The third kappa shape index (κ3) is 12.5. The summed E-state index contributed by atoms with van der Waals surface area (Å²) in [7, 11) is 3.83. The minimum absolute atomic E-state index is 0. The van der Waals surface area contributed by atoms with Crippen LogP contribution in [-0.4, -0.2) is 89.4 Å². The molecule has 326 valence electrons. The summed E-state index contributed by atoms with van der Waals surface area (Å²) in [6, 6.07) is 0.496. The Bertz CT molecular complexity index is 1310. The molecule has 8 saturated carbocycles. The summed E-state index contributed by atoms with van der Waals surface area (Å²) in [5, 5.41) is 0. The molecule has 8 aliphatic carbocycles. The zero-order valence-corrected chi connectivity index (χ0v) is 37.5. The predicted octanol–water partition coefficient (Wildman–Crippen LogP) is 9.47. The average Bonchev–Trinajstić information content (AvgIpc) is 3.07. The van der Waals surface area contributed by atoms with E-state index < -0.39 is 32.2 Å². The summed E-state index contributed by atoms with van der Waals surface area (Å²) in [5.41, 5.74) is 4.89. The minimum atomic E-state index is -1.10. The van der Waals surface area contributed by atoms with Crippen molar-refractivity contribution in [2.75, 3.05) is 26.2 Å². The van der Waals surface area contributed by atoms with Crippen molar-refractivity contribution in [3.8, 4) is 0 Å². The van der Waals surface area contributed by atoms with Crippen LogP contribution >= 0.6 is 10.7 Å². The molecule has 13 heteroatoms. The quantitative estimate of drug-likeness (QED) is 0.270. The second kappa shape index (κ2) is 19.6. The van der Waals surface area contributed by atoms with Crippen LogP contribution in [0.5, 0.6) is 0 Å². The van der Waals surface area contributed by atoms with Gasteiger partial charge in [-0.3, -0.25) is 0 Å². The number of rotatable bonds is 4. The topological polar surface area (TPSA) is 131 Å². The number of nitrogens with one attached hydrogen (secondary N) is 1. The van der Waals surface area contributed by atoms with Crippen LogP contribution in [0.2, 0.25) is 0 Å². The third-order valence-electron chi connectivity index (χ3n) is 13.3. The van der Waals surface area contributed by atoms with Gasteiger partial charge in [-0.05, 0) is 190 Å². The van der Waals surface area contributed by atoms with Crippen LogP contribution in [0.3, 0.4) is 0 Å². The highest BCUT2D eigenvalue weighted by atomic mass is 35.7. The van der Waals surface area contributed by atoms with E-state index in [9.17, 15) is 18.0 Å². The van der Waals surface area contributed by atoms with Crippen molar-refractivity contribution >= 4 is 43.9 Å². The number of ether oxygens (including phenoxy) is 2. The molecular weight excluding hydrogens is 768 g/mol. The van der Waals surface area contributed by atoms with E-state index in [4.69, 9.17) is 27.3 Å². The van der Waals surface area contributed by atoms with E-state index in [0.717, 1.165) is 113 Å². The van der Waals surface area contributed by atoms with Gasteiger partial charge in [-0.15, -0.1) is 0 Å². The SMILES string of the molecule is C.CC(C)(C)OC(=O)N1CCC(N)CC1.CC(C)(C)OC(=O)N1CCC(NS(=O)C23CC4CC(CC(C4)C2)C3)CC1.O=S(Cl)C12CC3CC(CC(C3)C1)C2.[2H]CC. The minimum Gasteiger partial charge on any atom is -0.444 e. The fourth-order valence-electron chi connectivity index (χ4n) is 11.7. The van der Waals surface area contributed by atoms with Crippen LogP contribution in [0.4, 0.5) is 9.59 Å². The molecule has 2 aliphatic heterocycles. The van der Waals surface area contributed by atoms with Crippen LogP contribution in [0.1, 0.15) is 167 Å². The Morgan fingerprint density at radius 2 is 0.982 bits per heavy atom. The molecule has 0 aromatic heterocycles. The fourth-order valence-corrected chi connectivity index (χ4v) is 15.3. The molecule has 2 saturated heterocycles. The molecule has 10 aliphatic rings. The fraction of sp³-hybridized carbons (Fsp3) is 0.953. The van der Waals surface area contributed by atoms with Crippen LogP contribution < -0.4 is 10.5 Å². The van der Waals surface area contributed by atoms with Gasteiger partial charge in [0, 0.05) is 39.6 Å². The van der Waals surface area contributed by atoms with E-state index in [1.807, 2.05) is 41.5 Å². The zero-order chi connectivity index (χ0) is 41.1. The van der Waals surface area contributed by atoms with Gasteiger partial charge in [-0.2, -0.15) is 0 Å². The predicted molar refractivity (Wildman–Crippen MR) is 231 cm³/mol. The lowest BCUT2D eigenvalue weighted by Crippen LogP contribution is -2.57. The molecule has 0 radical (unpaired) electrons. The van der Waals surface area contributed by atoms with Gasteiger partial charge in [-0.25, -0.2) is 22.7 Å². The Labute approximate surface area is 351 Å². The summed E-state index contributed by atoms with van der Waals surface area (Å²) in [5.74, 6) is 5.03. The monoisotopic (exact) mass is 848 g/mol. The van der Waals surface area contributed by atoms with Gasteiger partial charge in [-0.1, -0.05) is 21.3 Å². The largest absolute Gasteiger partial charge is 0.444 e. The van der Waals surface area contributed by atoms with Gasteiger partial charge in [0.15, 0.2) is 0 Å². The first kappa shape index (κ1) is 46.1. The first-order chi connectivity index (χ1) is 26.2. The summed E-state index contributed by atoms with van der Waals surface area (Å²) in [6.45, 7) is 16.4. The highest BCUT2D eigenvalue weighted by molar-refractivity contribution is 8.09. The number of piperidine rings is 2. The first-order valence-corrected chi connectivity index (χ1v) is 24.6. The van der Waals surface area contributed by atoms with Crippen molar-refractivity contribution in [2.45, 2.75) is 198 Å². The molecule has 0 aromatic carbocycles. The number of hydrogen-bond acceptors (Lipinski definition) is 7. The van der Waals surface area contributed by atoms with Crippen molar-refractivity contribution in [2.24, 2.45) is 41.2 Å². The second-order valence-electron chi connectivity index (χ2n) is 20.4. The Morgan fingerprint density at radius 1 is 0.679 bits per heavy atom. The maximum Gasteiger partial charge on any atom is 0.410 e. The normalized spacial score (nSPS) is 35.9. The molecule has 8 bridgehead atoms. The number of carbonyl (C=O) groups is 2. The molecule has 2 amide bonds. The van der Waals surface area contributed by atoms with Gasteiger partial charge in [0.25, 0.3) is 0 Å². The van der Waals surface area contributed by atoms with Crippen LogP contribution in [0, 0.1) is 35.5 Å². The summed E-state index contributed by atoms with van der Waals surface area (Å²) < 4.78 is 45.3. The second-order valence-corrected chi connectivity index (χ2v) is 24.2. The lowest BCUT2D eigenvalue weighted by atomic mass is 9.56. The Morgan fingerprint density at radius 3 is 1.29 bits per heavy atom. The van der Waals surface area contributed by atoms with Crippen LogP contribution in [-0.2, 0) is 30.5 Å². The van der Waals surface area contributed by atoms with Crippen molar-refractivity contribution < 1.29 is 28.9 Å². The molecular formula is C43H79ClN4O6S2. The molecule has 10 rings (SSSR count). The van der Waals surface area contributed by atoms with Crippen molar-refractivity contribution in [3.63, 3.8) is 0 Å². The first-order valence-electron chi connectivity index (χ1n) is 22.2. The Kier molecular flexibility index (Phi) is 16.2. The number of hydrogen-bond donors (Lipinski definition) is 2. The standard InChI is InChI=1S/C20H34N2O3S.C10H15ClOS.C10H20N2O2.C2H6.CH4/c1-19(2,3)25-18(23)22-6-4-17(5-7-22)21-26(24)20-11-14-8-15(12-20)10-16(9-14)13-20;11-13(12)10-4-7-1-8(5-10)3-9(2-7)6-10;1-10(2,3)14-9(13)12-6-4-8(11)5-7-12;1-2;/h14-17,21H,4-13H2,1-3H3;7-9H,1-6H2;8H,4-7,11H2,1-3H3;1-2H3;1H4/i;;;1D;. The summed E-state index contributed by atoms with van der Waals surface area (Å²) in [6.07, 6.45) is 18.3. The van der Waals surface area contributed by atoms with Crippen molar-refractivity contribution in [3.05, 3.63) is 0 Å². The average molecular weight is 849 g/mol. The maximum atomic E-state index is 13.3. The summed E-state index contributed by atoms with van der Waals surface area (Å²) in [4.78, 5) is 27.3. The Hall–Kier alpha value is -0.950. The number of nitrogens with two attached hydrogens (primary N) is 1. The van der Waals surface area contributed by atoms with E-state index in [1.54, 1.807) is 16.7 Å². The molecule has 2 heterocycles. The van der Waals surface area contributed by atoms with E-state index >= 15 is 0 Å². The Balaban J connectivity index is 0.000000197. The lowest BCUT2D eigenvalue weighted by Gasteiger charge is -2.56. The van der Waals surface area contributed by atoms with Crippen molar-refractivity contribution in [1.29, 1.82) is 0 Å². The molecule has 0 spiro atoms. The van der Waals surface area contributed by atoms with E-state index in [-0.39, 0.29) is 41.2 Å². The molecule has 2 atom stereocenters. The number of nitrogens with zero attached hydrogens (tertiary/aromatic N) is 2. The third-order valence-corrected chi connectivity index (χ3v) is 17.3. The van der Waals surface area contributed by atoms with Gasteiger partial charge < -0.3 is 25.0 Å². The number of amides is 2. The van der Waals surface area contributed by atoms with E-state index in [1.165, 1.54) is 38.5 Å². The van der Waals surface area contributed by atoms with Gasteiger partial charge in [0.2, 0.25) is 0 Å². The van der Waals surface area contributed by atoms with E-state index in [2.05, 4.69) is 4.72 Å². The van der Waals surface area contributed by atoms with Gasteiger partial charge in [0.1, 0.15) is 21.2 Å². The van der Waals surface area contributed by atoms with Gasteiger partial charge >= 0.3 is 12.2 Å². The highest BCUT2D eigenvalue weighted by Gasteiger charge is 2.55. The smallest absolute Gasteiger partial charge is 0.410 e. The zero-order valence-electron chi connectivity index (χ0n) is 36.1. The van der Waals surface area contributed by atoms with E-state index in [0.29, 0.717) is 20.0 Å². The number of halogens is 1. The molecule has 56 heavy (non-hydrogen) atoms. The van der Waals surface area contributed by atoms with Crippen LogP contribution in [0.25, 0.3) is 0 Å². The number of likely N-dealkylation sites (tertiary alicyclic amines) is 2. The highest BCUT2D eigenvalue weighted by Crippen LogP contribution is 2.59.